The maximum absolute atomic E-state index is 12.8. The summed E-state index contributed by atoms with van der Waals surface area (Å²) in [6.45, 7) is 8.40. The van der Waals surface area contributed by atoms with E-state index in [1.165, 1.54) is 18.5 Å². The van der Waals surface area contributed by atoms with Crippen LogP contribution < -0.4 is 5.73 Å². The van der Waals surface area contributed by atoms with Gasteiger partial charge in [-0.05, 0) is 24.6 Å². The SMILES string of the molecule is C=C/N=C(/c1ccc(F)nc1)C(C)C(CC)CN. The first-order valence-corrected chi connectivity index (χ1v) is 6.14. The Balaban J connectivity index is 3.06. The predicted octanol–water partition coefficient (Wildman–Crippen LogP) is 2.77. The Bertz CT molecular complexity index is 408. The Morgan fingerprint density at radius 1 is 1.61 bits per heavy atom. The van der Waals surface area contributed by atoms with Gasteiger partial charge in [-0.3, -0.25) is 4.99 Å². The highest BCUT2D eigenvalue weighted by molar-refractivity contribution is 6.02. The van der Waals surface area contributed by atoms with Crippen molar-refractivity contribution in [3.63, 3.8) is 0 Å². The van der Waals surface area contributed by atoms with Crippen LogP contribution in [-0.2, 0) is 0 Å². The van der Waals surface area contributed by atoms with E-state index in [0.717, 1.165) is 17.7 Å². The molecule has 18 heavy (non-hydrogen) atoms. The molecule has 1 heterocycles. The fourth-order valence-electron chi connectivity index (χ4n) is 2.03. The van der Waals surface area contributed by atoms with Gasteiger partial charge in [0.15, 0.2) is 0 Å². The number of hydrogen-bond acceptors (Lipinski definition) is 3. The molecule has 0 spiro atoms. The second kappa shape index (κ2) is 7.01. The van der Waals surface area contributed by atoms with Gasteiger partial charge in [0, 0.05) is 23.9 Å². The fraction of sp³-hybridized carbons (Fsp3) is 0.429. The van der Waals surface area contributed by atoms with Crippen LogP contribution in [0, 0.1) is 17.8 Å². The molecule has 0 saturated heterocycles. The van der Waals surface area contributed by atoms with Gasteiger partial charge in [-0.15, -0.1) is 0 Å². The molecule has 98 valence electrons. The Hall–Kier alpha value is -1.55. The van der Waals surface area contributed by atoms with Crippen LogP contribution in [0.3, 0.4) is 0 Å². The molecule has 3 nitrogen and oxygen atoms in total. The molecular weight excluding hydrogens is 229 g/mol. The lowest BCUT2D eigenvalue weighted by Crippen LogP contribution is -2.27. The average molecular weight is 249 g/mol. The molecule has 0 aliphatic heterocycles. The lowest BCUT2D eigenvalue weighted by atomic mass is 9.85. The van der Waals surface area contributed by atoms with Crippen molar-refractivity contribution in [3.05, 3.63) is 42.6 Å². The monoisotopic (exact) mass is 249 g/mol. The zero-order valence-corrected chi connectivity index (χ0v) is 10.9. The molecule has 0 amide bonds. The van der Waals surface area contributed by atoms with Crippen LogP contribution in [0.5, 0.6) is 0 Å². The first-order chi connectivity index (χ1) is 8.63. The molecule has 0 bridgehead atoms. The number of pyridine rings is 1. The Labute approximate surface area is 108 Å². The smallest absolute Gasteiger partial charge is 0.212 e. The van der Waals surface area contributed by atoms with Gasteiger partial charge in [0.25, 0.3) is 0 Å². The van der Waals surface area contributed by atoms with Crippen molar-refractivity contribution in [1.82, 2.24) is 4.98 Å². The normalized spacial score (nSPS) is 15.2. The van der Waals surface area contributed by atoms with Gasteiger partial charge in [0.05, 0.1) is 5.71 Å². The molecule has 0 fully saturated rings. The Morgan fingerprint density at radius 2 is 2.33 bits per heavy atom. The second-order valence-electron chi connectivity index (χ2n) is 4.26. The Kier molecular flexibility index (Phi) is 5.65. The molecule has 0 radical (unpaired) electrons. The maximum atomic E-state index is 12.8. The van der Waals surface area contributed by atoms with Gasteiger partial charge >= 0.3 is 0 Å². The lowest BCUT2D eigenvalue weighted by Gasteiger charge is -2.22. The third kappa shape index (κ3) is 3.47. The standard InChI is InChI=1S/C14H20FN3/c1-4-11(8-16)10(3)14(17-5-2)12-6-7-13(15)18-9-12/h5-7,9-11H,2,4,8,16H2,1,3H3/b17-14+. The highest BCUT2D eigenvalue weighted by Crippen LogP contribution is 2.20. The minimum absolute atomic E-state index is 0.185. The number of aromatic nitrogens is 1. The summed E-state index contributed by atoms with van der Waals surface area (Å²) in [6.07, 6.45) is 3.97. The van der Waals surface area contributed by atoms with Crippen molar-refractivity contribution < 1.29 is 4.39 Å². The summed E-state index contributed by atoms with van der Waals surface area (Å²) in [5, 5.41) is 0. The maximum Gasteiger partial charge on any atom is 0.212 e. The number of aliphatic imine (C=N–C) groups is 1. The molecule has 2 unspecified atom stereocenters. The summed E-state index contributed by atoms with van der Waals surface area (Å²) in [5.41, 5.74) is 7.44. The van der Waals surface area contributed by atoms with E-state index >= 15 is 0 Å². The van der Waals surface area contributed by atoms with Crippen molar-refractivity contribution in [1.29, 1.82) is 0 Å². The highest BCUT2D eigenvalue weighted by atomic mass is 19.1. The number of nitrogens with two attached hydrogens (primary N) is 1. The number of rotatable bonds is 6. The molecule has 4 heteroatoms. The number of hydrogen-bond donors (Lipinski definition) is 1. The third-order valence-corrected chi connectivity index (χ3v) is 3.22. The van der Waals surface area contributed by atoms with Crippen LogP contribution in [-0.4, -0.2) is 17.2 Å². The summed E-state index contributed by atoms with van der Waals surface area (Å²) < 4.78 is 12.8. The molecule has 1 rings (SSSR count). The summed E-state index contributed by atoms with van der Waals surface area (Å²) in [7, 11) is 0. The highest BCUT2D eigenvalue weighted by Gasteiger charge is 2.20. The van der Waals surface area contributed by atoms with Gasteiger partial charge in [-0.1, -0.05) is 26.8 Å². The first kappa shape index (κ1) is 14.5. The molecular formula is C14H20FN3. The van der Waals surface area contributed by atoms with Crippen molar-refractivity contribution in [3.8, 4) is 0 Å². The molecule has 0 aliphatic carbocycles. The summed E-state index contributed by atoms with van der Waals surface area (Å²) in [4.78, 5) is 7.97. The van der Waals surface area contributed by atoms with Crippen molar-refractivity contribution >= 4 is 5.71 Å². The summed E-state index contributed by atoms with van der Waals surface area (Å²) in [5.74, 6) is 0.0363. The predicted molar refractivity (Wildman–Crippen MR) is 72.9 cm³/mol. The number of nitrogens with zero attached hydrogens (tertiary/aromatic N) is 2. The van der Waals surface area contributed by atoms with Gasteiger partial charge in [0.2, 0.25) is 5.95 Å². The number of halogens is 1. The molecule has 0 aromatic carbocycles. The van der Waals surface area contributed by atoms with Crippen LogP contribution in [0.1, 0.15) is 25.8 Å². The van der Waals surface area contributed by atoms with Crippen LogP contribution in [0.25, 0.3) is 0 Å². The van der Waals surface area contributed by atoms with Crippen molar-refractivity contribution in [2.24, 2.45) is 22.6 Å². The van der Waals surface area contributed by atoms with Crippen molar-refractivity contribution in [2.75, 3.05) is 6.54 Å². The van der Waals surface area contributed by atoms with Gasteiger partial charge in [-0.2, -0.15) is 4.39 Å². The zero-order valence-electron chi connectivity index (χ0n) is 10.9. The van der Waals surface area contributed by atoms with Crippen molar-refractivity contribution in [2.45, 2.75) is 20.3 Å². The first-order valence-electron chi connectivity index (χ1n) is 6.14. The third-order valence-electron chi connectivity index (χ3n) is 3.22. The van der Waals surface area contributed by atoms with Crippen LogP contribution in [0.15, 0.2) is 36.1 Å². The quantitative estimate of drug-likeness (QED) is 0.622. The van der Waals surface area contributed by atoms with E-state index < -0.39 is 5.95 Å². The molecule has 0 saturated carbocycles. The van der Waals surface area contributed by atoms with E-state index in [1.807, 2.05) is 0 Å². The second-order valence-corrected chi connectivity index (χ2v) is 4.26. The van der Waals surface area contributed by atoms with Gasteiger partial charge < -0.3 is 5.73 Å². The summed E-state index contributed by atoms with van der Waals surface area (Å²) in [6, 6.07) is 3.02. The van der Waals surface area contributed by atoms with Crippen LogP contribution >= 0.6 is 0 Å². The van der Waals surface area contributed by atoms with Crippen LogP contribution in [0.2, 0.25) is 0 Å². The fourth-order valence-corrected chi connectivity index (χ4v) is 2.03. The topological polar surface area (TPSA) is 51.3 Å². The largest absolute Gasteiger partial charge is 0.330 e. The van der Waals surface area contributed by atoms with E-state index in [9.17, 15) is 4.39 Å². The van der Waals surface area contributed by atoms with E-state index in [-0.39, 0.29) is 5.92 Å². The Morgan fingerprint density at radius 3 is 2.78 bits per heavy atom. The minimum Gasteiger partial charge on any atom is -0.330 e. The van der Waals surface area contributed by atoms with E-state index in [4.69, 9.17) is 5.73 Å². The molecule has 1 aromatic rings. The van der Waals surface area contributed by atoms with Gasteiger partial charge in [0.1, 0.15) is 0 Å². The molecule has 1 aromatic heterocycles. The van der Waals surface area contributed by atoms with Crippen LogP contribution in [0.4, 0.5) is 4.39 Å². The lowest BCUT2D eigenvalue weighted by molar-refractivity contribution is 0.438. The molecule has 0 aliphatic rings. The minimum atomic E-state index is -0.491. The van der Waals surface area contributed by atoms with E-state index in [2.05, 4.69) is 30.4 Å². The average Bonchev–Trinajstić information content (AvgIpc) is 2.38. The zero-order chi connectivity index (χ0) is 13.5. The van der Waals surface area contributed by atoms with E-state index in [0.29, 0.717) is 12.5 Å². The van der Waals surface area contributed by atoms with E-state index in [1.54, 1.807) is 6.07 Å². The van der Waals surface area contributed by atoms with Gasteiger partial charge in [-0.25, -0.2) is 4.98 Å². The molecule has 2 atom stereocenters. The molecule has 2 N–H and O–H groups in total. The summed E-state index contributed by atoms with van der Waals surface area (Å²) >= 11 is 0.